The molecule has 45 heteroatoms. The van der Waals surface area contributed by atoms with Gasteiger partial charge in [-0.25, -0.2) is 18.3 Å². The Morgan fingerprint density at radius 1 is 0.295 bits per heavy atom. The normalized spacial score (nSPS) is 32.7. The van der Waals surface area contributed by atoms with Crippen molar-refractivity contribution < 1.29 is 305 Å². The molecule has 37 nitrogen and oxygen atoms in total. The number of ketones is 4. The van der Waals surface area contributed by atoms with Crippen LogP contribution in [0.3, 0.4) is 0 Å². The van der Waals surface area contributed by atoms with Crippen molar-refractivity contribution in [1.82, 2.24) is 0 Å². The maximum absolute atomic E-state index is 12.7. The number of Topliss-reactive ketones (excluding diaryl/α,β-unsaturated/α-hetero) is 4. The number of hydrogen-bond donors (Lipinski definition) is 4. The van der Waals surface area contributed by atoms with Gasteiger partial charge in [0.25, 0.3) is 0 Å². The van der Waals surface area contributed by atoms with Gasteiger partial charge in [0.05, 0.1) is 19.8 Å². The van der Waals surface area contributed by atoms with E-state index in [1.165, 1.54) is 121 Å². The van der Waals surface area contributed by atoms with E-state index in [1.54, 1.807) is 6.92 Å². The van der Waals surface area contributed by atoms with Crippen LogP contribution in [0.2, 0.25) is 0 Å². The third-order valence-electron chi connectivity index (χ3n) is 17.4. The van der Waals surface area contributed by atoms with Crippen molar-refractivity contribution in [3.8, 4) is 0 Å². The first-order chi connectivity index (χ1) is 47.6. The van der Waals surface area contributed by atoms with Crippen molar-refractivity contribution in [2.75, 3.05) is 147 Å². The summed E-state index contributed by atoms with van der Waals surface area (Å²) in [5.74, 6) is -1.84. The van der Waals surface area contributed by atoms with Crippen LogP contribution >= 0.6 is 31.3 Å². The fraction of sp³-hybridized carbons (Fsp3) is 0.933. The Morgan fingerprint density at radius 3 is 0.657 bits per heavy atom. The maximum Gasteiger partial charge on any atom is 0.473 e. The van der Waals surface area contributed by atoms with Gasteiger partial charge in [-0.2, -0.15) is 0 Å². The van der Waals surface area contributed by atoms with Crippen molar-refractivity contribution in [3.63, 3.8) is 0 Å². The molecule has 0 aromatic rings. The van der Waals surface area contributed by atoms with E-state index >= 15 is 0 Å². The van der Waals surface area contributed by atoms with Crippen LogP contribution in [0.25, 0.3) is 0 Å². The standard InChI is InChI=1S/C15H29O10P.3C15H29O9P.4Y/c1-7-9(16)8-24-26(17,18)25-15-13(22-5)11(20-3)10(19-2)12(21-4)14(15)23-6;3*1-7-9(2)8-23-25(17,18)24-12-10(16)11(19-3)13(20-4)15(22-6)14(12)21-5;;;;/h10-15H,7-8H2,1-6H3,(H,17,18);3*9,11-15H,7-8H2,1-6H3,(H,17,18);;;;. The van der Waals surface area contributed by atoms with E-state index in [4.69, 9.17) is 117 Å². The predicted octanol–water partition coefficient (Wildman–Crippen LogP) is 4.08. The number of rotatable bonds is 41. The van der Waals surface area contributed by atoms with E-state index < -0.39 is 183 Å². The first-order valence-corrected chi connectivity index (χ1v) is 38.3. The fourth-order valence-corrected chi connectivity index (χ4v) is 15.0. The van der Waals surface area contributed by atoms with E-state index in [9.17, 15) is 57.0 Å². The summed E-state index contributed by atoms with van der Waals surface area (Å²) in [6.45, 7) is 12.6. The molecule has 4 radical (unpaired) electrons. The zero-order valence-corrected chi connectivity index (χ0v) is 79.8. The molecule has 0 aliphatic heterocycles. The number of hydrogen-bond acceptors (Lipinski definition) is 33. The smallest absolute Gasteiger partial charge is 0.376 e. The topological polar surface area (TPSA) is 448 Å². The van der Waals surface area contributed by atoms with Crippen molar-refractivity contribution in [2.45, 2.75) is 202 Å². The van der Waals surface area contributed by atoms with Crippen LogP contribution in [0.15, 0.2) is 0 Å². The number of carbonyl (C=O) groups excluding carboxylic acids is 4. The monoisotopic (exact) mass is 1910 g/mol. The molecule has 0 aromatic heterocycles. The van der Waals surface area contributed by atoms with Gasteiger partial charge in [0.2, 0.25) is 0 Å². The number of phosphoric acid groups is 4. The summed E-state index contributed by atoms with van der Waals surface area (Å²) in [6.07, 6.45) is -16.7. The van der Waals surface area contributed by atoms with Gasteiger partial charge in [-0.05, 0) is 17.8 Å². The zero-order chi connectivity index (χ0) is 77.5. The molecule has 4 aliphatic rings. The van der Waals surface area contributed by atoms with Gasteiger partial charge >= 0.3 is 31.3 Å². The molecule has 26 unspecified atom stereocenters. The molecule has 0 spiro atoms. The molecule has 610 valence electrons. The van der Waals surface area contributed by atoms with Crippen LogP contribution in [-0.2, 0) is 285 Å². The number of carbonyl (C=O) groups is 4. The Labute approximate surface area is 719 Å². The quantitative estimate of drug-likeness (QED) is 0.0626. The van der Waals surface area contributed by atoms with Gasteiger partial charge in [0.1, 0.15) is 116 Å². The van der Waals surface area contributed by atoms with Crippen molar-refractivity contribution in [2.24, 2.45) is 17.8 Å². The molecule has 26 atom stereocenters. The molecule has 4 saturated carbocycles. The summed E-state index contributed by atoms with van der Waals surface area (Å²) in [5, 5.41) is 0. The SMILES string of the molecule is CCC(=O)COP(=O)(O)OC1C(OC)C(OC)C(OC)C(OC)C1OC.CCC(C)COP(=O)(O)OC1C(=O)C(OC)C(OC)C(OC)C1OC.CCC(C)COP(=O)(O)OC1C(=O)C(OC)C(OC)C(OC)C1OC.CCC(C)COP(=O)(O)OC1C(=O)C(OC)C(OC)C(OC)C1OC.[Y].[Y].[Y].[Y]. The minimum Gasteiger partial charge on any atom is -0.376 e. The van der Waals surface area contributed by atoms with Gasteiger partial charge in [-0.3, -0.25) is 55.4 Å². The molecule has 4 aliphatic carbocycles. The third-order valence-corrected chi connectivity index (χ3v) is 21.2. The molecular weight excluding hydrogens is 1790 g/mol. The Bertz CT molecular complexity index is 2380. The van der Waals surface area contributed by atoms with Gasteiger partial charge in [-0.1, -0.05) is 67.7 Å². The van der Waals surface area contributed by atoms with E-state index in [0.717, 1.165) is 19.3 Å². The summed E-state index contributed by atoms with van der Waals surface area (Å²) in [5.41, 5.74) is 0. The summed E-state index contributed by atoms with van der Waals surface area (Å²) in [4.78, 5) is 89.3. The largest absolute Gasteiger partial charge is 0.473 e. The van der Waals surface area contributed by atoms with E-state index in [1.807, 2.05) is 41.5 Å². The third kappa shape index (κ3) is 34.4. The molecule has 0 saturated heterocycles. The van der Waals surface area contributed by atoms with Gasteiger partial charge in [0.15, 0.2) is 41.4 Å². The molecule has 0 bridgehead atoms. The van der Waals surface area contributed by atoms with Crippen LogP contribution in [0.5, 0.6) is 0 Å². The minimum absolute atomic E-state index is 0. The van der Waals surface area contributed by atoms with Crippen LogP contribution in [0.1, 0.15) is 74.1 Å². The van der Waals surface area contributed by atoms with E-state index in [0.29, 0.717) is 0 Å². The molecule has 0 amide bonds. The number of phosphoric ester groups is 4. The summed E-state index contributed by atoms with van der Waals surface area (Å²) < 4.78 is 180. The average molecular weight is 1910 g/mol. The van der Waals surface area contributed by atoms with E-state index in [2.05, 4.69) is 0 Å². The van der Waals surface area contributed by atoms with Crippen LogP contribution in [0, 0.1) is 17.8 Å². The molecule has 4 rings (SSSR count). The first kappa shape index (κ1) is 114. The van der Waals surface area contributed by atoms with Crippen molar-refractivity contribution >= 4 is 54.4 Å². The molecular formula is C60H116O37P4Y4. The second-order valence-corrected chi connectivity index (χ2v) is 29.2. The summed E-state index contributed by atoms with van der Waals surface area (Å²) >= 11 is 0. The Hall–Kier alpha value is 2.86. The van der Waals surface area contributed by atoms with Crippen LogP contribution < -0.4 is 0 Å². The minimum atomic E-state index is -4.56. The molecule has 4 N–H and O–H groups in total. The van der Waals surface area contributed by atoms with Gasteiger partial charge < -0.3 is 100 Å². The molecule has 4 fully saturated rings. The zero-order valence-electron chi connectivity index (χ0n) is 64.9. The molecule has 0 aromatic carbocycles. The molecule has 105 heavy (non-hydrogen) atoms. The summed E-state index contributed by atoms with van der Waals surface area (Å²) in [7, 11) is 5.78. The average Bonchev–Trinajstić information content (AvgIpc) is 0.796. The number of ether oxygens (including phenoxy) is 17. The van der Waals surface area contributed by atoms with Crippen LogP contribution in [0.4, 0.5) is 0 Å². The number of methoxy groups -OCH3 is 17. The predicted molar refractivity (Wildman–Crippen MR) is 355 cm³/mol. The first-order valence-electron chi connectivity index (χ1n) is 32.3. The van der Waals surface area contributed by atoms with Gasteiger partial charge in [-0.15, -0.1) is 0 Å². The summed E-state index contributed by atoms with van der Waals surface area (Å²) in [6, 6.07) is 0. The Balaban J connectivity index is -0.000000640. The van der Waals surface area contributed by atoms with E-state index in [-0.39, 0.29) is 181 Å². The Kier molecular flexibility index (Phi) is 62.9. The molecule has 0 heterocycles. The van der Waals surface area contributed by atoms with Crippen molar-refractivity contribution in [3.05, 3.63) is 0 Å². The van der Waals surface area contributed by atoms with Crippen LogP contribution in [-0.4, -0.2) is 318 Å². The second-order valence-electron chi connectivity index (χ2n) is 23.6. The maximum atomic E-state index is 12.7. The fourth-order valence-electron chi connectivity index (χ4n) is 11.1. The van der Waals surface area contributed by atoms with Crippen molar-refractivity contribution in [1.29, 1.82) is 0 Å². The van der Waals surface area contributed by atoms with Gasteiger partial charge in [0, 0.05) is 258 Å². The second kappa shape index (κ2) is 57.9. The Morgan fingerprint density at radius 2 is 0.476 bits per heavy atom.